The van der Waals surface area contributed by atoms with Gasteiger partial charge in [-0.2, -0.15) is 0 Å². The Labute approximate surface area is 122 Å². The van der Waals surface area contributed by atoms with Gasteiger partial charge in [0.05, 0.1) is 10.9 Å². The fourth-order valence-corrected chi connectivity index (χ4v) is 1.99. The number of aromatic hydroxyl groups is 1. The SMILES string of the molecule is O=C1NC(=O)C(=Cc2coc3cc(O)ccc3c2=O)C(=O)N1. The summed E-state index contributed by atoms with van der Waals surface area (Å²) in [6.45, 7) is 0. The summed E-state index contributed by atoms with van der Waals surface area (Å²) in [5.41, 5.74) is -0.732. The van der Waals surface area contributed by atoms with Crippen molar-refractivity contribution in [3.05, 3.63) is 45.8 Å². The molecule has 0 bridgehead atoms. The number of carbonyl (C=O) groups is 3. The Morgan fingerprint density at radius 3 is 2.41 bits per heavy atom. The molecule has 0 radical (unpaired) electrons. The molecule has 8 heteroatoms. The molecule has 1 aromatic carbocycles. The van der Waals surface area contributed by atoms with Gasteiger partial charge in [0.2, 0.25) is 0 Å². The zero-order valence-electron chi connectivity index (χ0n) is 10.9. The van der Waals surface area contributed by atoms with E-state index in [-0.39, 0.29) is 27.9 Å². The number of phenolic OH excluding ortho intramolecular Hbond substituents is 1. The minimum absolute atomic E-state index is 0.0344. The van der Waals surface area contributed by atoms with E-state index in [2.05, 4.69) is 0 Å². The predicted octanol–water partition coefficient (Wildman–Crippen LogP) is 0.248. The molecule has 110 valence electrons. The van der Waals surface area contributed by atoms with Crippen LogP contribution in [0.1, 0.15) is 5.56 Å². The molecule has 1 aromatic heterocycles. The van der Waals surface area contributed by atoms with Gasteiger partial charge >= 0.3 is 6.03 Å². The number of fused-ring (bicyclic) bond motifs is 1. The topological polar surface area (TPSA) is 126 Å². The van der Waals surface area contributed by atoms with E-state index in [0.717, 1.165) is 12.3 Å². The lowest BCUT2D eigenvalue weighted by Crippen LogP contribution is -2.51. The Morgan fingerprint density at radius 2 is 1.73 bits per heavy atom. The molecular formula is C14H8N2O6. The van der Waals surface area contributed by atoms with E-state index in [9.17, 15) is 24.3 Å². The summed E-state index contributed by atoms with van der Waals surface area (Å²) in [7, 11) is 0. The summed E-state index contributed by atoms with van der Waals surface area (Å²) in [6.07, 6.45) is 2.10. The van der Waals surface area contributed by atoms with Gasteiger partial charge in [-0.25, -0.2) is 4.79 Å². The molecule has 0 spiro atoms. The molecule has 1 aliphatic rings. The molecule has 2 heterocycles. The average molecular weight is 300 g/mol. The monoisotopic (exact) mass is 300 g/mol. The van der Waals surface area contributed by atoms with Gasteiger partial charge in [-0.1, -0.05) is 0 Å². The first-order chi connectivity index (χ1) is 10.5. The van der Waals surface area contributed by atoms with Crippen LogP contribution in [0, 0.1) is 0 Å². The summed E-state index contributed by atoms with van der Waals surface area (Å²) in [5, 5.41) is 13.3. The highest BCUT2D eigenvalue weighted by Crippen LogP contribution is 2.18. The standard InChI is InChI=1S/C14H8N2O6/c17-7-1-2-8-10(4-7)22-5-6(11(8)18)3-9-12(19)15-14(21)16-13(9)20/h1-5,17H,(H2,15,16,19,20,21). The minimum atomic E-state index is -0.923. The normalized spacial score (nSPS) is 14.7. The second kappa shape index (κ2) is 4.85. The zero-order valence-corrected chi connectivity index (χ0v) is 10.9. The van der Waals surface area contributed by atoms with Crippen molar-refractivity contribution in [2.24, 2.45) is 0 Å². The van der Waals surface area contributed by atoms with Crippen molar-refractivity contribution < 1.29 is 23.9 Å². The zero-order chi connectivity index (χ0) is 15.9. The van der Waals surface area contributed by atoms with Gasteiger partial charge in [-0.05, 0) is 18.2 Å². The number of hydrogen-bond acceptors (Lipinski definition) is 6. The van der Waals surface area contributed by atoms with Gasteiger partial charge < -0.3 is 9.52 Å². The Balaban J connectivity index is 2.13. The lowest BCUT2D eigenvalue weighted by atomic mass is 10.1. The highest BCUT2D eigenvalue weighted by molar-refractivity contribution is 6.31. The van der Waals surface area contributed by atoms with E-state index < -0.39 is 23.3 Å². The number of barbiturate groups is 1. The first-order valence-corrected chi connectivity index (χ1v) is 6.08. The highest BCUT2D eigenvalue weighted by Gasteiger charge is 2.28. The highest BCUT2D eigenvalue weighted by atomic mass is 16.3. The lowest BCUT2D eigenvalue weighted by molar-refractivity contribution is -0.123. The third-order valence-electron chi connectivity index (χ3n) is 3.03. The van der Waals surface area contributed by atoms with Crippen molar-refractivity contribution in [3.8, 4) is 5.75 Å². The van der Waals surface area contributed by atoms with Crippen molar-refractivity contribution in [2.75, 3.05) is 0 Å². The lowest BCUT2D eigenvalue weighted by Gasteiger charge is -2.13. The maximum Gasteiger partial charge on any atom is 0.328 e. The van der Waals surface area contributed by atoms with Crippen molar-refractivity contribution >= 4 is 34.9 Å². The van der Waals surface area contributed by atoms with Crippen LogP contribution in [0.15, 0.2) is 39.2 Å². The molecular weight excluding hydrogens is 292 g/mol. The third-order valence-corrected chi connectivity index (χ3v) is 3.03. The van der Waals surface area contributed by atoms with Crippen LogP contribution in [-0.4, -0.2) is 23.0 Å². The van der Waals surface area contributed by atoms with Gasteiger partial charge in [0.15, 0.2) is 5.43 Å². The van der Waals surface area contributed by atoms with E-state index >= 15 is 0 Å². The number of rotatable bonds is 1. The Morgan fingerprint density at radius 1 is 1.05 bits per heavy atom. The molecule has 1 fully saturated rings. The Bertz CT molecular complexity index is 903. The number of carbonyl (C=O) groups excluding carboxylic acids is 3. The van der Waals surface area contributed by atoms with Gasteiger partial charge in [0.1, 0.15) is 23.2 Å². The van der Waals surface area contributed by atoms with Crippen molar-refractivity contribution in [1.82, 2.24) is 10.6 Å². The minimum Gasteiger partial charge on any atom is -0.508 e. The van der Waals surface area contributed by atoms with Crippen LogP contribution in [0.2, 0.25) is 0 Å². The smallest absolute Gasteiger partial charge is 0.328 e. The van der Waals surface area contributed by atoms with Crippen LogP contribution in [0.4, 0.5) is 4.79 Å². The van der Waals surface area contributed by atoms with Crippen LogP contribution >= 0.6 is 0 Å². The average Bonchev–Trinajstić information content (AvgIpc) is 2.44. The summed E-state index contributed by atoms with van der Waals surface area (Å²) in [6, 6.07) is 3.03. The van der Waals surface area contributed by atoms with Crippen molar-refractivity contribution in [3.63, 3.8) is 0 Å². The molecule has 0 atom stereocenters. The molecule has 1 aliphatic heterocycles. The molecule has 0 saturated carbocycles. The van der Waals surface area contributed by atoms with E-state index in [1.807, 2.05) is 10.6 Å². The second-order valence-corrected chi connectivity index (χ2v) is 4.50. The number of nitrogens with one attached hydrogen (secondary N) is 2. The van der Waals surface area contributed by atoms with Crippen LogP contribution in [0.5, 0.6) is 5.75 Å². The summed E-state index contributed by atoms with van der Waals surface area (Å²) >= 11 is 0. The fraction of sp³-hybridized carbons (Fsp3) is 0. The first-order valence-electron chi connectivity index (χ1n) is 6.08. The van der Waals surface area contributed by atoms with Crippen molar-refractivity contribution in [1.29, 1.82) is 0 Å². The van der Waals surface area contributed by atoms with Gasteiger partial charge in [0.25, 0.3) is 11.8 Å². The first kappa shape index (κ1) is 13.6. The number of amides is 4. The maximum absolute atomic E-state index is 12.3. The van der Waals surface area contributed by atoms with E-state index in [4.69, 9.17) is 4.42 Å². The van der Waals surface area contributed by atoms with Gasteiger partial charge in [-0.15, -0.1) is 0 Å². The molecule has 22 heavy (non-hydrogen) atoms. The van der Waals surface area contributed by atoms with Crippen LogP contribution < -0.4 is 16.1 Å². The number of hydrogen-bond donors (Lipinski definition) is 3. The van der Waals surface area contributed by atoms with Crippen LogP contribution in [0.25, 0.3) is 17.0 Å². The molecule has 1 saturated heterocycles. The molecule has 2 aromatic rings. The Kier molecular flexibility index (Phi) is 2.99. The molecule has 3 N–H and O–H groups in total. The van der Waals surface area contributed by atoms with E-state index in [1.165, 1.54) is 18.2 Å². The molecule has 8 nitrogen and oxygen atoms in total. The Hall–Kier alpha value is -3.42. The van der Waals surface area contributed by atoms with Crippen LogP contribution in [-0.2, 0) is 9.59 Å². The number of imide groups is 2. The second-order valence-electron chi connectivity index (χ2n) is 4.50. The fourth-order valence-electron chi connectivity index (χ4n) is 1.99. The summed E-state index contributed by atoms with van der Waals surface area (Å²) in [5.74, 6) is -1.87. The quantitative estimate of drug-likeness (QED) is 0.512. The van der Waals surface area contributed by atoms with Crippen LogP contribution in [0.3, 0.4) is 0 Å². The maximum atomic E-state index is 12.3. The predicted molar refractivity (Wildman–Crippen MR) is 73.8 cm³/mol. The molecule has 3 rings (SSSR count). The third kappa shape index (κ3) is 2.22. The van der Waals surface area contributed by atoms with Gasteiger partial charge in [0, 0.05) is 6.07 Å². The summed E-state index contributed by atoms with van der Waals surface area (Å²) in [4.78, 5) is 46.5. The molecule has 0 aliphatic carbocycles. The van der Waals surface area contributed by atoms with E-state index in [1.54, 1.807) is 0 Å². The molecule has 4 amide bonds. The van der Waals surface area contributed by atoms with Gasteiger partial charge in [-0.3, -0.25) is 25.0 Å². The molecule has 0 unspecified atom stereocenters. The number of benzene rings is 1. The number of urea groups is 1. The number of phenols is 1. The van der Waals surface area contributed by atoms with Crippen molar-refractivity contribution in [2.45, 2.75) is 0 Å². The van der Waals surface area contributed by atoms with E-state index in [0.29, 0.717) is 0 Å². The summed E-state index contributed by atoms with van der Waals surface area (Å²) < 4.78 is 5.20. The largest absolute Gasteiger partial charge is 0.508 e.